The van der Waals surface area contributed by atoms with Crippen LogP contribution >= 0.6 is 11.3 Å². The zero-order chi connectivity index (χ0) is 13.1. The van der Waals surface area contributed by atoms with Crippen molar-refractivity contribution in [3.63, 3.8) is 0 Å². The number of halogens is 3. The molecule has 0 atom stereocenters. The van der Waals surface area contributed by atoms with Crippen LogP contribution in [0.25, 0.3) is 0 Å². The molecular weight excluding hydrogens is 255 g/mol. The van der Waals surface area contributed by atoms with E-state index in [1.807, 2.05) is 18.4 Å². The van der Waals surface area contributed by atoms with E-state index in [0.717, 1.165) is 15.3 Å². The molecule has 0 radical (unpaired) electrons. The summed E-state index contributed by atoms with van der Waals surface area (Å²) >= 11 is 1.45. The van der Waals surface area contributed by atoms with E-state index in [1.165, 1.54) is 18.4 Å². The molecule has 0 bridgehead atoms. The summed E-state index contributed by atoms with van der Waals surface area (Å²) in [6, 6.07) is 1.88. The van der Waals surface area contributed by atoms with Gasteiger partial charge in [0.05, 0.1) is 6.54 Å². The van der Waals surface area contributed by atoms with E-state index in [0.29, 0.717) is 0 Å². The van der Waals surface area contributed by atoms with Gasteiger partial charge in [-0.2, -0.15) is 13.2 Å². The lowest BCUT2D eigenvalue weighted by Crippen LogP contribution is -2.30. The second-order valence-electron chi connectivity index (χ2n) is 3.55. The van der Waals surface area contributed by atoms with Crippen LogP contribution in [0.15, 0.2) is 11.4 Å². The van der Waals surface area contributed by atoms with Crippen LogP contribution in [0, 0.1) is 6.92 Å². The van der Waals surface area contributed by atoms with Gasteiger partial charge in [0.1, 0.15) is 0 Å². The number of carbonyl (C=O) groups excluding carboxylic acids is 1. The molecule has 0 spiro atoms. The molecule has 0 aromatic carbocycles. The number of alkyl halides is 3. The number of carbonyl (C=O) groups is 1. The summed E-state index contributed by atoms with van der Waals surface area (Å²) in [4.78, 5) is 13.3. The van der Waals surface area contributed by atoms with E-state index in [9.17, 15) is 18.0 Å². The first-order valence-electron chi connectivity index (χ1n) is 4.77. The van der Waals surface area contributed by atoms with Gasteiger partial charge < -0.3 is 9.64 Å². The average Bonchev–Trinajstić information content (AvgIpc) is 2.59. The maximum atomic E-state index is 11.8. The van der Waals surface area contributed by atoms with Gasteiger partial charge in [-0.25, -0.2) is 4.79 Å². The Morgan fingerprint density at radius 1 is 1.53 bits per heavy atom. The van der Waals surface area contributed by atoms with Gasteiger partial charge in [0.15, 0.2) is 6.61 Å². The molecule has 0 aliphatic rings. The zero-order valence-electron chi connectivity index (χ0n) is 9.37. The van der Waals surface area contributed by atoms with Crippen LogP contribution in [-0.2, 0) is 11.3 Å². The molecule has 0 saturated heterocycles. The van der Waals surface area contributed by atoms with Gasteiger partial charge >= 0.3 is 12.3 Å². The standard InChI is InChI=1S/C10H12F3NO2S/c1-7-3-4-17-8(7)5-14(2)9(15)16-6-10(11,12)13/h3-4H,5-6H2,1-2H3. The highest BCUT2D eigenvalue weighted by Gasteiger charge is 2.30. The number of nitrogens with zero attached hydrogens (tertiary/aromatic N) is 1. The van der Waals surface area contributed by atoms with Gasteiger partial charge in [0.25, 0.3) is 0 Å². The molecule has 0 aliphatic heterocycles. The summed E-state index contributed by atoms with van der Waals surface area (Å²) in [5.74, 6) is 0. The molecule has 0 N–H and O–H groups in total. The van der Waals surface area contributed by atoms with Gasteiger partial charge in [-0.15, -0.1) is 11.3 Å². The highest BCUT2D eigenvalue weighted by atomic mass is 32.1. The highest BCUT2D eigenvalue weighted by Crippen LogP contribution is 2.18. The summed E-state index contributed by atoms with van der Waals surface area (Å²) in [6.07, 6.45) is -5.47. The van der Waals surface area contributed by atoms with Crippen LogP contribution in [0.1, 0.15) is 10.4 Å². The van der Waals surface area contributed by atoms with Crippen molar-refractivity contribution in [2.24, 2.45) is 0 Å². The largest absolute Gasteiger partial charge is 0.440 e. The molecule has 0 unspecified atom stereocenters. The molecule has 96 valence electrons. The monoisotopic (exact) mass is 267 g/mol. The Kier molecular flexibility index (Phi) is 4.39. The molecule has 1 heterocycles. The number of thiophene rings is 1. The first kappa shape index (κ1) is 13.8. The Hall–Kier alpha value is -1.24. The van der Waals surface area contributed by atoms with Gasteiger partial charge in [0, 0.05) is 11.9 Å². The number of ether oxygens (including phenoxy) is 1. The highest BCUT2D eigenvalue weighted by molar-refractivity contribution is 7.10. The number of rotatable bonds is 3. The molecule has 7 heteroatoms. The van der Waals surface area contributed by atoms with Crippen molar-refractivity contribution in [1.29, 1.82) is 0 Å². The van der Waals surface area contributed by atoms with Crippen molar-refractivity contribution in [1.82, 2.24) is 4.90 Å². The van der Waals surface area contributed by atoms with Crippen molar-refractivity contribution < 1.29 is 22.7 Å². The lowest BCUT2D eigenvalue weighted by molar-refractivity contribution is -0.162. The topological polar surface area (TPSA) is 29.5 Å². The molecule has 3 nitrogen and oxygen atoms in total. The second kappa shape index (κ2) is 5.39. The molecule has 0 saturated carbocycles. The maximum Gasteiger partial charge on any atom is 0.422 e. The average molecular weight is 267 g/mol. The van der Waals surface area contributed by atoms with E-state index in [4.69, 9.17) is 0 Å². The summed E-state index contributed by atoms with van der Waals surface area (Å²) in [7, 11) is 1.40. The third-order valence-corrected chi connectivity index (χ3v) is 3.03. The Balaban J connectivity index is 2.45. The normalized spacial score (nSPS) is 11.4. The van der Waals surface area contributed by atoms with Gasteiger partial charge in [-0.1, -0.05) is 0 Å². The third kappa shape index (κ3) is 4.64. The number of aryl methyl sites for hydroxylation is 1. The minimum Gasteiger partial charge on any atom is -0.440 e. The smallest absolute Gasteiger partial charge is 0.422 e. The van der Waals surface area contributed by atoms with Crippen LogP contribution in [0.2, 0.25) is 0 Å². The first-order chi connectivity index (χ1) is 7.79. The maximum absolute atomic E-state index is 11.8. The molecule has 1 aromatic heterocycles. The van der Waals surface area contributed by atoms with E-state index in [-0.39, 0.29) is 6.54 Å². The summed E-state index contributed by atoms with van der Waals surface area (Å²) in [5.41, 5.74) is 1.01. The van der Waals surface area contributed by atoms with Crippen LogP contribution in [-0.4, -0.2) is 30.8 Å². The lowest BCUT2D eigenvalue weighted by Gasteiger charge is -2.17. The van der Waals surface area contributed by atoms with Crippen molar-refractivity contribution in [3.05, 3.63) is 21.9 Å². The fraction of sp³-hybridized carbons (Fsp3) is 0.500. The van der Waals surface area contributed by atoms with Crippen molar-refractivity contribution in [3.8, 4) is 0 Å². The van der Waals surface area contributed by atoms with Crippen molar-refractivity contribution in [2.75, 3.05) is 13.7 Å². The molecular formula is C10H12F3NO2S. The summed E-state index contributed by atoms with van der Waals surface area (Å²) in [6.45, 7) is 0.570. The zero-order valence-corrected chi connectivity index (χ0v) is 10.2. The Bertz CT molecular complexity index is 389. The van der Waals surface area contributed by atoms with Crippen LogP contribution in [0.3, 0.4) is 0 Å². The molecule has 17 heavy (non-hydrogen) atoms. The lowest BCUT2D eigenvalue weighted by atomic mass is 10.3. The van der Waals surface area contributed by atoms with Crippen molar-refractivity contribution >= 4 is 17.4 Å². The van der Waals surface area contributed by atoms with E-state index < -0.39 is 18.9 Å². The van der Waals surface area contributed by atoms with Crippen LogP contribution in [0.4, 0.5) is 18.0 Å². The Morgan fingerprint density at radius 3 is 2.65 bits per heavy atom. The van der Waals surface area contributed by atoms with E-state index in [2.05, 4.69) is 4.74 Å². The number of hydrogen-bond acceptors (Lipinski definition) is 3. The number of amides is 1. The fourth-order valence-corrected chi connectivity index (χ4v) is 2.06. The predicted octanol–water partition coefficient (Wildman–Crippen LogP) is 3.19. The summed E-state index contributed by atoms with van der Waals surface area (Å²) in [5, 5.41) is 1.86. The molecule has 1 rings (SSSR count). The quantitative estimate of drug-likeness (QED) is 0.841. The Morgan fingerprint density at radius 2 is 2.18 bits per heavy atom. The minimum atomic E-state index is -4.49. The van der Waals surface area contributed by atoms with Gasteiger partial charge in [-0.3, -0.25) is 0 Å². The molecule has 1 amide bonds. The van der Waals surface area contributed by atoms with Gasteiger partial charge in [-0.05, 0) is 23.9 Å². The molecule has 0 fully saturated rings. The van der Waals surface area contributed by atoms with Crippen LogP contribution in [0.5, 0.6) is 0 Å². The first-order valence-corrected chi connectivity index (χ1v) is 5.65. The third-order valence-electron chi connectivity index (χ3n) is 2.02. The van der Waals surface area contributed by atoms with Gasteiger partial charge in [0.2, 0.25) is 0 Å². The van der Waals surface area contributed by atoms with Crippen LogP contribution < -0.4 is 0 Å². The molecule has 0 aliphatic carbocycles. The number of hydrogen-bond donors (Lipinski definition) is 0. The minimum absolute atomic E-state index is 0.250. The predicted molar refractivity (Wildman–Crippen MR) is 57.9 cm³/mol. The SMILES string of the molecule is Cc1ccsc1CN(C)C(=O)OCC(F)(F)F. The summed E-state index contributed by atoms with van der Waals surface area (Å²) < 4.78 is 39.6. The van der Waals surface area contributed by atoms with Crippen molar-refractivity contribution in [2.45, 2.75) is 19.6 Å². The van der Waals surface area contributed by atoms with E-state index in [1.54, 1.807) is 0 Å². The fourth-order valence-electron chi connectivity index (χ4n) is 1.10. The molecule has 1 aromatic rings. The second-order valence-corrected chi connectivity index (χ2v) is 4.55. The Labute approximate surface area is 101 Å². The van der Waals surface area contributed by atoms with E-state index >= 15 is 0 Å².